The zero-order chi connectivity index (χ0) is 22.9. The van der Waals surface area contributed by atoms with Gasteiger partial charge in [-0.3, -0.25) is 4.79 Å². The molecule has 3 aromatic rings. The van der Waals surface area contributed by atoms with Gasteiger partial charge < -0.3 is 24.8 Å². The maximum atomic E-state index is 13.7. The molecule has 7 heteroatoms. The number of fused-ring (bicyclic) bond motifs is 1. The largest absolute Gasteiger partial charge is 0.496 e. The van der Waals surface area contributed by atoms with E-state index in [1.807, 2.05) is 42.5 Å². The van der Waals surface area contributed by atoms with Crippen LogP contribution in [0.4, 0.5) is 11.4 Å². The number of ketones is 1. The van der Waals surface area contributed by atoms with Crippen LogP contribution in [-0.2, 0) is 4.79 Å². The first-order chi connectivity index (χ1) is 16.1. The number of benzene rings is 2. The second-order valence-electron chi connectivity index (χ2n) is 8.13. The molecule has 6 nitrogen and oxygen atoms in total. The van der Waals surface area contributed by atoms with Crippen molar-refractivity contribution in [2.24, 2.45) is 0 Å². The molecule has 0 bridgehead atoms. The average molecular weight is 463 g/mol. The number of hydrogen-bond donors (Lipinski definition) is 2. The van der Waals surface area contributed by atoms with E-state index in [1.54, 1.807) is 32.7 Å². The topological polar surface area (TPSA) is 68.8 Å². The van der Waals surface area contributed by atoms with E-state index >= 15 is 0 Å². The summed E-state index contributed by atoms with van der Waals surface area (Å²) in [5.41, 5.74) is 4.39. The highest BCUT2D eigenvalue weighted by molar-refractivity contribution is 7.10. The number of hydrogen-bond acceptors (Lipinski definition) is 7. The van der Waals surface area contributed by atoms with Gasteiger partial charge in [-0.25, -0.2) is 0 Å². The number of methoxy groups -OCH3 is 3. The first kappa shape index (κ1) is 21.4. The molecule has 1 aliphatic heterocycles. The quantitative estimate of drug-likeness (QED) is 0.503. The number of para-hydroxylation sites is 2. The van der Waals surface area contributed by atoms with Crippen molar-refractivity contribution >= 4 is 28.5 Å². The molecule has 2 aliphatic rings. The Labute approximate surface area is 197 Å². The Bertz CT molecular complexity index is 1220. The SMILES string of the molecule is COc1cc(OC)c([C@@H]2Nc3ccccc3NC3=C2C(=O)C[C@H](c2cccs2)C3)cc1OC. The number of thiophene rings is 1. The van der Waals surface area contributed by atoms with Crippen LogP contribution in [0.2, 0.25) is 0 Å². The molecule has 2 aromatic carbocycles. The molecule has 2 atom stereocenters. The molecule has 0 radical (unpaired) electrons. The number of rotatable bonds is 5. The molecular weight excluding hydrogens is 436 g/mol. The van der Waals surface area contributed by atoms with Gasteiger partial charge in [-0.2, -0.15) is 0 Å². The maximum Gasteiger partial charge on any atom is 0.164 e. The Kier molecular flexibility index (Phi) is 5.72. The molecular formula is C26H26N2O4S. The molecule has 0 saturated carbocycles. The average Bonchev–Trinajstić information content (AvgIpc) is 3.32. The third-order valence-corrected chi connectivity index (χ3v) is 7.34. The van der Waals surface area contributed by atoms with Crippen LogP contribution in [0.25, 0.3) is 0 Å². The van der Waals surface area contributed by atoms with Gasteiger partial charge in [-0.05, 0) is 36.1 Å². The molecule has 2 heterocycles. The van der Waals surface area contributed by atoms with E-state index in [9.17, 15) is 4.79 Å². The predicted octanol–water partition coefficient (Wildman–Crippen LogP) is 5.75. The first-order valence-corrected chi connectivity index (χ1v) is 11.7. The van der Waals surface area contributed by atoms with Crippen molar-refractivity contribution in [2.45, 2.75) is 24.8 Å². The molecule has 0 spiro atoms. The fraction of sp³-hybridized carbons (Fsp3) is 0.269. The summed E-state index contributed by atoms with van der Waals surface area (Å²) in [4.78, 5) is 14.9. The van der Waals surface area contributed by atoms with Crippen LogP contribution < -0.4 is 24.8 Å². The third kappa shape index (κ3) is 3.82. The summed E-state index contributed by atoms with van der Waals surface area (Å²) in [6, 6.07) is 15.5. The zero-order valence-electron chi connectivity index (χ0n) is 18.8. The lowest BCUT2D eigenvalue weighted by atomic mass is 9.80. The van der Waals surface area contributed by atoms with Gasteiger partial charge in [-0.1, -0.05) is 18.2 Å². The molecule has 5 rings (SSSR count). The summed E-state index contributed by atoms with van der Waals surface area (Å²) in [7, 11) is 4.82. The van der Waals surface area contributed by atoms with Gasteiger partial charge in [0.15, 0.2) is 17.3 Å². The van der Waals surface area contributed by atoms with E-state index in [-0.39, 0.29) is 11.7 Å². The normalized spacial score (nSPS) is 19.5. The lowest BCUT2D eigenvalue weighted by Gasteiger charge is -2.30. The number of carbonyl (C=O) groups excluding carboxylic acids is 1. The van der Waals surface area contributed by atoms with Crippen molar-refractivity contribution in [3.63, 3.8) is 0 Å². The summed E-state index contributed by atoms with van der Waals surface area (Å²) in [6.45, 7) is 0. The van der Waals surface area contributed by atoms with Crippen molar-refractivity contribution in [3.8, 4) is 17.2 Å². The fourth-order valence-electron chi connectivity index (χ4n) is 4.73. The number of anilines is 2. The van der Waals surface area contributed by atoms with Gasteiger partial charge in [0.2, 0.25) is 0 Å². The lowest BCUT2D eigenvalue weighted by Crippen LogP contribution is -2.27. The van der Waals surface area contributed by atoms with Gasteiger partial charge in [0.25, 0.3) is 0 Å². The smallest absolute Gasteiger partial charge is 0.164 e. The zero-order valence-corrected chi connectivity index (χ0v) is 19.6. The number of carbonyl (C=O) groups is 1. The second-order valence-corrected chi connectivity index (χ2v) is 9.11. The van der Waals surface area contributed by atoms with Crippen molar-refractivity contribution in [3.05, 3.63) is 75.6 Å². The van der Waals surface area contributed by atoms with E-state index in [0.717, 1.165) is 34.6 Å². The summed E-state index contributed by atoms with van der Waals surface area (Å²) in [5, 5.41) is 9.25. The minimum Gasteiger partial charge on any atom is -0.496 e. The van der Waals surface area contributed by atoms with Gasteiger partial charge in [0.05, 0.1) is 38.7 Å². The molecule has 170 valence electrons. The van der Waals surface area contributed by atoms with Crippen LogP contribution in [0.5, 0.6) is 17.2 Å². The van der Waals surface area contributed by atoms with Crippen LogP contribution in [0.3, 0.4) is 0 Å². The highest BCUT2D eigenvalue weighted by atomic mass is 32.1. The monoisotopic (exact) mass is 462 g/mol. The molecule has 1 aromatic heterocycles. The second kappa shape index (κ2) is 8.83. The Morgan fingerprint density at radius 3 is 2.30 bits per heavy atom. The van der Waals surface area contributed by atoms with Crippen molar-refractivity contribution in [1.29, 1.82) is 0 Å². The van der Waals surface area contributed by atoms with Gasteiger partial charge >= 0.3 is 0 Å². The molecule has 1 aliphatic carbocycles. The van der Waals surface area contributed by atoms with Crippen LogP contribution in [0, 0.1) is 0 Å². The Hall–Kier alpha value is -3.45. The molecule has 0 fully saturated rings. The molecule has 0 amide bonds. The number of ether oxygens (including phenoxy) is 3. The van der Waals surface area contributed by atoms with Crippen LogP contribution in [0.1, 0.15) is 35.2 Å². The van der Waals surface area contributed by atoms with Crippen LogP contribution in [0.15, 0.2) is 65.2 Å². The highest BCUT2D eigenvalue weighted by Gasteiger charge is 2.37. The van der Waals surface area contributed by atoms with E-state index in [1.165, 1.54) is 4.88 Å². The number of allylic oxidation sites excluding steroid dienone is 1. The predicted molar refractivity (Wildman–Crippen MR) is 131 cm³/mol. The van der Waals surface area contributed by atoms with Crippen molar-refractivity contribution in [1.82, 2.24) is 0 Å². The molecule has 2 N–H and O–H groups in total. The summed E-state index contributed by atoms with van der Waals surface area (Å²) in [6.07, 6.45) is 1.24. The van der Waals surface area contributed by atoms with E-state index < -0.39 is 6.04 Å². The molecule has 33 heavy (non-hydrogen) atoms. The Balaban J connectivity index is 1.68. The summed E-state index contributed by atoms with van der Waals surface area (Å²) in [5.74, 6) is 2.09. The summed E-state index contributed by atoms with van der Waals surface area (Å²) >= 11 is 1.71. The van der Waals surface area contributed by atoms with Gasteiger partial charge in [0.1, 0.15) is 5.75 Å². The first-order valence-electron chi connectivity index (χ1n) is 10.8. The fourth-order valence-corrected chi connectivity index (χ4v) is 5.56. The Morgan fingerprint density at radius 1 is 0.879 bits per heavy atom. The minimum absolute atomic E-state index is 0.129. The standard InChI is InChI=1S/C26H26N2O4S/c1-30-21-14-23(32-3)22(31-2)13-16(21)26-25-19(27-17-7-4-5-8-18(17)28-26)11-15(12-20(25)29)24-9-6-10-33-24/h4-10,13-15,26-28H,11-12H2,1-3H3/t15-,26+/m1/s1. The van der Waals surface area contributed by atoms with E-state index in [2.05, 4.69) is 22.1 Å². The maximum absolute atomic E-state index is 13.7. The van der Waals surface area contributed by atoms with Crippen molar-refractivity contribution in [2.75, 3.05) is 32.0 Å². The minimum atomic E-state index is -0.400. The van der Waals surface area contributed by atoms with Gasteiger partial charge in [-0.15, -0.1) is 11.3 Å². The highest BCUT2D eigenvalue weighted by Crippen LogP contribution is 2.48. The van der Waals surface area contributed by atoms with E-state index in [4.69, 9.17) is 14.2 Å². The number of nitrogens with one attached hydrogen (secondary N) is 2. The van der Waals surface area contributed by atoms with Crippen molar-refractivity contribution < 1.29 is 19.0 Å². The third-order valence-electron chi connectivity index (χ3n) is 6.30. The number of Topliss-reactive ketones (excluding diaryl/α,β-unsaturated/α-hetero) is 1. The van der Waals surface area contributed by atoms with Crippen LogP contribution >= 0.6 is 11.3 Å². The lowest BCUT2D eigenvalue weighted by molar-refractivity contribution is -0.116. The van der Waals surface area contributed by atoms with Crippen LogP contribution in [-0.4, -0.2) is 27.1 Å². The molecule has 0 unspecified atom stereocenters. The van der Waals surface area contributed by atoms with E-state index in [0.29, 0.717) is 23.7 Å². The Morgan fingerprint density at radius 2 is 1.61 bits per heavy atom. The summed E-state index contributed by atoms with van der Waals surface area (Å²) < 4.78 is 16.8. The van der Waals surface area contributed by atoms with Gasteiger partial charge in [0, 0.05) is 40.1 Å². The molecule has 0 saturated heterocycles.